The van der Waals surface area contributed by atoms with Crippen molar-refractivity contribution in [3.05, 3.63) is 17.7 Å². The molecular weight excluding hydrogens is 474 g/mol. The monoisotopic (exact) mass is 513 g/mol. The average Bonchev–Trinajstić information content (AvgIpc) is 2.79. The summed E-state index contributed by atoms with van der Waals surface area (Å²) in [5.74, 6) is 2.08. The second-order valence-electron chi connectivity index (χ2n) is 9.29. The lowest BCUT2D eigenvalue weighted by molar-refractivity contribution is -0.156. The highest BCUT2D eigenvalue weighted by molar-refractivity contribution is 7.98. The number of carbonyl (C=O) groups excluding carboxylic acids is 1. The minimum absolute atomic E-state index is 0.0595. The molecule has 0 aliphatic carbocycles. The van der Waals surface area contributed by atoms with Gasteiger partial charge >= 0.3 is 5.97 Å². The summed E-state index contributed by atoms with van der Waals surface area (Å²) in [5, 5.41) is 9.89. The lowest BCUT2D eigenvalue weighted by Crippen LogP contribution is -2.48. The van der Waals surface area contributed by atoms with E-state index in [0.717, 1.165) is 5.56 Å². The fourth-order valence-corrected chi connectivity index (χ4v) is 4.51. The van der Waals surface area contributed by atoms with E-state index in [1.165, 1.54) is 11.8 Å². The van der Waals surface area contributed by atoms with Crippen LogP contribution in [0.25, 0.3) is 0 Å². The van der Waals surface area contributed by atoms with Gasteiger partial charge in [-0.1, -0.05) is 20.8 Å². The van der Waals surface area contributed by atoms with Crippen LogP contribution in [0.15, 0.2) is 12.1 Å². The van der Waals surface area contributed by atoms with Crippen molar-refractivity contribution in [1.29, 1.82) is 5.26 Å². The molecule has 0 heterocycles. The Labute approximate surface area is 209 Å². The molecule has 0 N–H and O–H groups in total. The predicted octanol–water partition coefficient (Wildman–Crippen LogP) is 5.01. The molecule has 0 aliphatic heterocycles. The molecule has 0 saturated heterocycles. The van der Waals surface area contributed by atoms with Gasteiger partial charge in [0.15, 0.2) is 13.7 Å². The number of ether oxygens (including phenoxy) is 5. The number of methoxy groups -OCH3 is 3. The minimum Gasteiger partial charge on any atom is -0.496 e. The number of thioether (sulfide) groups is 1. The van der Waals surface area contributed by atoms with Crippen LogP contribution in [-0.2, 0) is 24.4 Å². The maximum atomic E-state index is 12.7. The third kappa shape index (κ3) is 7.80. The number of hydrogen-bond acceptors (Lipinski definition) is 9. The molecule has 192 valence electrons. The molecule has 1 unspecified atom stereocenters. The first-order valence-electron chi connectivity index (χ1n) is 11.1. The fraction of sp³-hybridized carbons (Fsp3) is 0.667. The third-order valence-electron chi connectivity index (χ3n) is 5.94. The first-order chi connectivity index (χ1) is 15.9. The van der Waals surface area contributed by atoms with E-state index in [1.807, 2.05) is 0 Å². The van der Waals surface area contributed by atoms with Gasteiger partial charge in [0.05, 0.1) is 53.2 Å². The van der Waals surface area contributed by atoms with E-state index in [-0.39, 0.29) is 30.8 Å². The van der Waals surface area contributed by atoms with Gasteiger partial charge in [0.2, 0.25) is 0 Å². The Morgan fingerprint density at radius 3 is 2.09 bits per heavy atom. The summed E-state index contributed by atoms with van der Waals surface area (Å²) in [6.07, 6.45) is 0. The number of hydrogen-bond donors (Lipinski definition) is 0. The van der Waals surface area contributed by atoms with Gasteiger partial charge in [-0.2, -0.15) is 5.26 Å². The fourth-order valence-electron chi connectivity index (χ4n) is 2.70. The molecule has 34 heavy (non-hydrogen) atoms. The Bertz CT molecular complexity index is 826. The molecule has 1 atom stereocenters. The van der Waals surface area contributed by atoms with Gasteiger partial charge in [-0.05, 0) is 25.1 Å². The van der Waals surface area contributed by atoms with E-state index in [9.17, 15) is 10.1 Å². The van der Waals surface area contributed by atoms with Crippen LogP contribution in [0.1, 0.15) is 33.3 Å². The lowest BCUT2D eigenvalue weighted by atomic mass is 9.92. The molecule has 1 rings (SSSR count). The molecule has 8 nitrogen and oxygen atoms in total. The van der Waals surface area contributed by atoms with Gasteiger partial charge in [0.1, 0.15) is 17.2 Å². The normalized spacial score (nSPS) is 13.5. The van der Waals surface area contributed by atoms with Crippen molar-refractivity contribution in [2.75, 3.05) is 47.1 Å². The standard InChI is InChI=1S/C24H39NO7SSi/c1-10-31-22(26)24(14-25,16-32-34(8,9)23(2,3)4)15-30-17-33-13-19-20(28-6)11-18(27-5)12-21(19)29-7/h11-12H,10,13,15-17H2,1-9H3. The molecule has 1 aromatic rings. The summed E-state index contributed by atoms with van der Waals surface area (Å²) >= 11 is 1.47. The van der Waals surface area contributed by atoms with Crippen LogP contribution in [0.2, 0.25) is 18.1 Å². The summed E-state index contributed by atoms with van der Waals surface area (Å²) in [5.41, 5.74) is -0.667. The maximum absolute atomic E-state index is 12.7. The molecule has 0 fully saturated rings. The maximum Gasteiger partial charge on any atom is 0.331 e. The Balaban J connectivity index is 2.88. The van der Waals surface area contributed by atoms with Gasteiger partial charge in [0.25, 0.3) is 0 Å². The van der Waals surface area contributed by atoms with Gasteiger partial charge in [-0.15, -0.1) is 11.8 Å². The van der Waals surface area contributed by atoms with Crippen molar-refractivity contribution in [3.8, 4) is 23.3 Å². The number of carbonyl (C=O) groups is 1. The van der Waals surface area contributed by atoms with Crippen molar-refractivity contribution < 1.29 is 32.9 Å². The zero-order valence-electron chi connectivity index (χ0n) is 21.9. The summed E-state index contributed by atoms with van der Waals surface area (Å²) < 4.78 is 33.4. The second-order valence-corrected chi connectivity index (χ2v) is 15.0. The van der Waals surface area contributed by atoms with E-state index >= 15 is 0 Å². The van der Waals surface area contributed by atoms with Crippen molar-refractivity contribution in [3.63, 3.8) is 0 Å². The smallest absolute Gasteiger partial charge is 0.331 e. The predicted molar refractivity (Wildman–Crippen MR) is 136 cm³/mol. The topological polar surface area (TPSA) is 96.2 Å². The highest BCUT2D eigenvalue weighted by Crippen LogP contribution is 2.38. The summed E-state index contributed by atoms with van der Waals surface area (Å²) in [7, 11) is 2.57. The molecule has 10 heteroatoms. The van der Waals surface area contributed by atoms with Crippen molar-refractivity contribution >= 4 is 26.0 Å². The van der Waals surface area contributed by atoms with E-state index < -0.39 is 19.7 Å². The average molecular weight is 514 g/mol. The zero-order chi connectivity index (χ0) is 26.0. The number of rotatable bonds is 14. The lowest BCUT2D eigenvalue weighted by Gasteiger charge is -2.38. The van der Waals surface area contributed by atoms with Gasteiger partial charge in [-0.25, -0.2) is 0 Å². The Hall–Kier alpha value is -1.93. The first-order valence-corrected chi connectivity index (χ1v) is 15.1. The highest BCUT2D eigenvalue weighted by Gasteiger charge is 2.46. The van der Waals surface area contributed by atoms with Gasteiger partial charge in [0, 0.05) is 23.4 Å². The summed E-state index contributed by atoms with van der Waals surface area (Å²) in [4.78, 5) is 12.7. The number of esters is 1. The van der Waals surface area contributed by atoms with Gasteiger partial charge < -0.3 is 28.1 Å². The van der Waals surface area contributed by atoms with Crippen LogP contribution in [-0.4, -0.2) is 61.4 Å². The number of nitrogens with zero attached hydrogens (tertiary/aromatic N) is 1. The van der Waals surface area contributed by atoms with E-state index in [0.29, 0.717) is 23.0 Å². The Morgan fingerprint density at radius 1 is 1.06 bits per heavy atom. The molecule has 0 aliphatic rings. The van der Waals surface area contributed by atoms with E-state index in [1.54, 1.807) is 40.4 Å². The summed E-state index contributed by atoms with van der Waals surface area (Å²) in [6, 6.07) is 5.70. The minimum atomic E-state index is -2.18. The first kappa shape index (κ1) is 30.1. The Kier molecular flexibility index (Phi) is 11.7. The highest BCUT2D eigenvalue weighted by atomic mass is 32.2. The Morgan fingerprint density at radius 2 is 1.65 bits per heavy atom. The SMILES string of the molecule is CCOC(=O)C(C#N)(COCSCc1c(OC)cc(OC)cc1OC)CO[Si](C)(C)C(C)(C)C. The van der Waals surface area contributed by atoms with E-state index in [2.05, 4.69) is 39.9 Å². The molecule has 0 radical (unpaired) electrons. The summed E-state index contributed by atoms with van der Waals surface area (Å²) in [6.45, 7) is 12.2. The molecule has 1 aromatic carbocycles. The molecule has 0 aromatic heterocycles. The van der Waals surface area contributed by atoms with E-state index in [4.69, 9.17) is 28.1 Å². The largest absolute Gasteiger partial charge is 0.496 e. The number of nitriles is 1. The quantitative estimate of drug-likeness (QED) is 0.147. The van der Waals surface area contributed by atoms with Crippen LogP contribution in [0.4, 0.5) is 0 Å². The second kappa shape index (κ2) is 13.2. The molecule has 0 saturated carbocycles. The van der Waals surface area contributed by atoms with Crippen molar-refractivity contribution in [1.82, 2.24) is 0 Å². The van der Waals surface area contributed by atoms with Crippen LogP contribution in [0.5, 0.6) is 17.2 Å². The molecular formula is C24H39NO7SSi. The zero-order valence-corrected chi connectivity index (χ0v) is 23.7. The van der Waals surface area contributed by atoms with Crippen LogP contribution in [0, 0.1) is 16.7 Å². The molecule has 0 bridgehead atoms. The third-order valence-corrected chi connectivity index (χ3v) is 11.2. The van der Waals surface area contributed by atoms with Crippen molar-refractivity contribution in [2.45, 2.75) is 51.6 Å². The van der Waals surface area contributed by atoms with Crippen LogP contribution < -0.4 is 14.2 Å². The number of benzene rings is 1. The molecule has 0 amide bonds. The van der Waals surface area contributed by atoms with Gasteiger partial charge in [-0.3, -0.25) is 4.79 Å². The molecule has 0 spiro atoms. The van der Waals surface area contributed by atoms with Crippen LogP contribution in [0.3, 0.4) is 0 Å². The van der Waals surface area contributed by atoms with Crippen LogP contribution >= 0.6 is 11.8 Å². The van der Waals surface area contributed by atoms with Crippen molar-refractivity contribution in [2.24, 2.45) is 5.41 Å².